The van der Waals surface area contributed by atoms with Gasteiger partial charge in [0.25, 0.3) is 5.91 Å². The van der Waals surface area contributed by atoms with Gasteiger partial charge >= 0.3 is 0 Å². The monoisotopic (exact) mass is 541 g/mol. The molecule has 10 heteroatoms. The van der Waals surface area contributed by atoms with Crippen molar-refractivity contribution in [3.8, 4) is 0 Å². The summed E-state index contributed by atoms with van der Waals surface area (Å²) in [6.45, 7) is 6.92. The molecule has 2 fully saturated rings. The number of amides is 3. The number of nitrogens with zero attached hydrogens (tertiary/aromatic N) is 2. The standard InChI is InChI=1S/C28H32FN3O5S/c1-28(2,3)19-4-6-20(7-5-19)38(36,37)31-12-10-17(11-13-31)21-14-18-16-32(27(35)22(18)15-23(21)29)24-8-9-25(33)30-26(24)34/h4-7,14-15,17,24H,8-13,16H2,1-3H3,(H,30,33,34). The van der Waals surface area contributed by atoms with E-state index in [0.717, 1.165) is 5.56 Å². The lowest BCUT2D eigenvalue weighted by atomic mass is 9.87. The number of hydrogen-bond donors (Lipinski definition) is 1. The Morgan fingerprint density at radius 1 is 0.974 bits per heavy atom. The van der Waals surface area contributed by atoms with Crippen LogP contribution in [0.2, 0.25) is 0 Å². The van der Waals surface area contributed by atoms with E-state index in [-0.39, 0.29) is 60.2 Å². The van der Waals surface area contributed by atoms with Crippen LogP contribution >= 0.6 is 0 Å². The molecule has 0 spiro atoms. The molecule has 3 amide bonds. The van der Waals surface area contributed by atoms with E-state index >= 15 is 4.39 Å². The molecule has 0 bridgehead atoms. The third kappa shape index (κ3) is 4.75. The molecule has 0 aliphatic carbocycles. The van der Waals surface area contributed by atoms with Gasteiger partial charge in [-0.05, 0) is 65.5 Å². The van der Waals surface area contributed by atoms with Crippen molar-refractivity contribution in [2.45, 2.75) is 75.3 Å². The molecule has 202 valence electrons. The van der Waals surface area contributed by atoms with Crippen LogP contribution in [0.1, 0.15) is 79.4 Å². The van der Waals surface area contributed by atoms with E-state index in [4.69, 9.17) is 0 Å². The smallest absolute Gasteiger partial charge is 0.255 e. The molecule has 1 N–H and O–H groups in total. The summed E-state index contributed by atoms with van der Waals surface area (Å²) in [6, 6.07) is 9.15. The topological polar surface area (TPSA) is 104 Å². The van der Waals surface area contributed by atoms with E-state index in [1.54, 1.807) is 18.2 Å². The van der Waals surface area contributed by atoms with Gasteiger partial charge in [0.15, 0.2) is 0 Å². The van der Waals surface area contributed by atoms with Crippen LogP contribution in [0.15, 0.2) is 41.3 Å². The van der Waals surface area contributed by atoms with Crippen LogP contribution in [0.3, 0.4) is 0 Å². The van der Waals surface area contributed by atoms with Gasteiger partial charge in [0.05, 0.1) is 4.90 Å². The molecule has 3 aliphatic rings. The number of carbonyl (C=O) groups excluding carboxylic acids is 3. The summed E-state index contributed by atoms with van der Waals surface area (Å²) in [6.07, 6.45) is 1.31. The summed E-state index contributed by atoms with van der Waals surface area (Å²) in [5, 5.41) is 2.27. The fourth-order valence-electron chi connectivity index (χ4n) is 5.60. The fourth-order valence-corrected chi connectivity index (χ4v) is 7.07. The Kier molecular flexibility index (Phi) is 6.67. The Balaban J connectivity index is 1.29. The predicted octanol–water partition coefficient (Wildman–Crippen LogP) is 3.45. The first-order valence-electron chi connectivity index (χ1n) is 12.9. The summed E-state index contributed by atoms with van der Waals surface area (Å²) in [4.78, 5) is 38.4. The lowest BCUT2D eigenvalue weighted by Crippen LogP contribution is -2.52. The van der Waals surface area contributed by atoms with E-state index in [0.29, 0.717) is 24.0 Å². The van der Waals surface area contributed by atoms with Gasteiger partial charge in [-0.15, -0.1) is 0 Å². The van der Waals surface area contributed by atoms with Crippen molar-refractivity contribution in [2.75, 3.05) is 13.1 Å². The van der Waals surface area contributed by atoms with Gasteiger partial charge in [0, 0.05) is 31.6 Å². The molecule has 3 heterocycles. The number of fused-ring (bicyclic) bond motifs is 1. The second-order valence-electron chi connectivity index (χ2n) is 11.4. The van der Waals surface area contributed by atoms with Crippen molar-refractivity contribution in [2.24, 2.45) is 0 Å². The summed E-state index contributed by atoms with van der Waals surface area (Å²) in [5.41, 5.74) is 2.31. The highest BCUT2D eigenvalue weighted by Gasteiger charge is 2.40. The van der Waals surface area contributed by atoms with Crippen LogP contribution in [0, 0.1) is 5.82 Å². The largest absolute Gasteiger partial charge is 0.322 e. The first-order valence-corrected chi connectivity index (χ1v) is 14.4. The number of halogens is 1. The van der Waals surface area contributed by atoms with E-state index in [1.165, 1.54) is 15.3 Å². The summed E-state index contributed by atoms with van der Waals surface area (Å²) < 4.78 is 43.1. The van der Waals surface area contributed by atoms with E-state index in [2.05, 4.69) is 26.1 Å². The number of carbonyl (C=O) groups is 3. The molecule has 1 unspecified atom stereocenters. The van der Waals surface area contributed by atoms with Crippen molar-refractivity contribution < 1.29 is 27.2 Å². The highest BCUT2D eigenvalue weighted by atomic mass is 32.2. The molecule has 2 aromatic carbocycles. The quantitative estimate of drug-likeness (QED) is 0.598. The Bertz CT molecular complexity index is 1410. The SMILES string of the molecule is CC(C)(C)c1ccc(S(=O)(=O)N2CCC(c3cc4c(cc3F)C(=O)N(C3CCC(=O)NC3=O)C4)CC2)cc1. The average Bonchev–Trinajstić information content (AvgIpc) is 3.18. The number of sulfonamides is 1. The molecule has 0 saturated carbocycles. The third-order valence-electron chi connectivity index (χ3n) is 7.89. The summed E-state index contributed by atoms with van der Waals surface area (Å²) in [5.74, 6) is -1.97. The number of piperidine rings is 2. The molecule has 1 atom stereocenters. The second-order valence-corrected chi connectivity index (χ2v) is 13.3. The van der Waals surface area contributed by atoms with Gasteiger partial charge in [-0.2, -0.15) is 4.31 Å². The highest BCUT2D eigenvalue weighted by molar-refractivity contribution is 7.89. The van der Waals surface area contributed by atoms with Gasteiger partial charge in [-0.3, -0.25) is 19.7 Å². The molecule has 2 aromatic rings. The van der Waals surface area contributed by atoms with Crippen molar-refractivity contribution in [1.82, 2.24) is 14.5 Å². The van der Waals surface area contributed by atoms with Crippen LogP contribution in [0.25, 0.3) is 0 Å². The molecule has 8 nitrogen and oxygen atoms in total. The minimum atomic E-state index is -3.66. The number of nitrogens with one attached hydrogen (secondary N) is 1. The van der Waals surface area contributed by atoms with Crippen LogP contribution in [-0.2, 0) is 31.6 Å². The van der Waals surface area contributed by atoms with Crippen LogP contribution in [0.4, 0.5) is 4.39 Å². The molecule has 0 radical (unpaired) electrons. The van der Waals surface area contributed by atoms with Crippen molar-refractivity contribution in [3.05, 3.63) is 64.5 Å². The number of hydrogen-bond acceptors (Lipinski definition) is 5. The maximum atomic E-state index is 15.2. The first-order chi connectivity index (χ1) is 17.9. The zero-order valence-corrected chi connectivity index (χ0v) is 22.6. The Morgan fingerprint density at radius 2 is 1.63 bits per heavy atom. The maximum absolute atomic E-state index is 15.2. The average molecular weight is 542 g/mol. The number of imide groups is 1. The van der Waals surface area contributed by atoms with Crippen LogP contribution in [-0.4, -0.2) is 54.5 Å². The predicted molar refractivity (Wildman–Crippen MR) is 138 cm³/mol. The van der Waals surface area contributed by atoms with Gasteiger partial charge in [-0.1, -0.05) is 39.0 Å². The lowest BCUT2D eigenvalue weighted by molar-refractivity contribution is -0.136. The van der Waals surface area contributed by atoms with E-state index in [1.807, 2.05) is 12.1 Å². The zero-order valence-electron chi connectivity index (χ0n) is 21.8. The Hall–Kier alpha value is -3.11. The molecule has 5 rings (SSSR count). The third-order valence-corrected chi connectivity index (χ3v) is 9.81. The van der Waals surface area contributed by atoms with Crippen LogP contribution < -0.4 is 5.32 Å². The normalized spacial score (nSPS) is 21.5. The molecule has 38 heavy (non-hydrogen) atoms. The van der Waals surface area contributed by atoms with Crippen molar-refractivity contribution >= 4 is 27.7 Å². The maximum Gasteiger partial charge on any atom is 0.255 e. The van der Waals surface area contributed by atoms with Crippen molar-refractivity contribution in [3.63, 3.8) is 0 Å². The van der Waals surface area contributed by atoms with Gasteiger partial charge in [0.2, 0.25) is 21.8 Å². The minimum Gasteiger partial charge on any atom is -0.322 e. The highest BCUT2D eigenvalue weighted by Crippen LogP contribution is 2.36. The molecule has 3 aliphatic heterocycles. The zero-order chi connectivity index (χ0) is 27.4. The van der Waals surface area contributed by atoms with E-state index in [9.17, 15) is 22.8 Å². The fraction of sp³-hybridized carbons (Fsp3) is 0.464. The molecular formula is C28H32FN3O5S. The minimum absolute atomic E-state index is 0.0793. The molecule has 0 aromatic heterocycles. The Morgan fingerprint density at radius 3 is 2.24 bits per heavy atom. The molecular weight excluding hydrogens is 509 g/mol. The number of rotatable bonds is 4. The lowest BCUT2D eigenvalue weighted by Gasteiger charge is -2.32. The summed E-state index contributed by atoms with van der Waals surface area (Å²) in [7, 11) is -3.66. The van der Waals surface area contributed by atoms with Crippen LogP contribution in [0.5, 0.6) is 0 Å². The van der Waals surface area contributed by atoms with Crippen molar-refractivity contribution in [1.29, 1.82) is 0 Å². The van der Waals surface area contributed by atoms with Gasteiger partial charge in [-0.25, -0.2) is 12.8 Å². The van der Waals surface area contributed by atoms with Gasteiger partial charge in [0.1, 0.15) is 11.9 Å². The van der Waals surface area contributed by atoms with E-state index < -0.39 is 33.7 Å². The van der Waals surface area contributed by atoms with Gasteiger partial charge < -0.3 is 4.90 Å². The number of benzene rings is 2. The first kappa shape index (κ1) is 26.5. The molecule has 2 saturated heterocycles. The summed E-state index contributed by atoms with van der Waals surface area (Å²) >= 11 is 0. The second kappa shape index (κ2) is 9.57. The Labute approximate surface area is 222 Å².